The molecule has 27 heavy (non-hydrogen) atoms. The van der Waals surface area contributed by atoms with Gasteiger partial charge in [0.2, 0.25) is 0 Å². The van der Waals surface area contributed by atoms with Crippen LogP contribution in [0.1, 0.15) is 33.3 Å². The summed E-state index contributed by atoms with van der Waals surface area (Å²) < 4.78 is 1.66. The summed E-state index contributed by atoms with van der Waals surface area (Å²) in [6.45, 7) is 10.2. The molecular formula is C21H23N2O2S2+. The number of Topliss-reactive ketones (excluding diaryl/α,β-unsaturated/α-hetero) is 1. The quantitative estimate of drug-likeness (QED) is 0.259. The Balaban J connectivity index is 1.91. The van der Waals surface area contributed by atoms with E-state index in [0.717, 1.165) is 27.1 Å². The van der Waals surface area contributed by atoms with Crippen molar-refractivity contribution in [1.82, 2.24) is 4.57 Å². The summed E-state index contributed by atoms with van der Waals surface area (Å²) in [4.78, 5) is 30.9. The van der Waals surface area contributed by atoms with Crippen molar-refractivity contribution in [2.75, 3.05) is 5.75 Å². The normalized spacial score (nSPS) is 11.1. The summed E-state index contributed by atoms with van der Waals surface area (Å²) in [7, 11) is 0. The van der Waals surface area contributed by atoms with Gasteiger partial charge in [-0.2, -0.15) is 4.57 Å². The van der Waals surface area contributed by atoms with E-state index in [9.17, 15) is 9.59 Å². The number of carbonyl (C=O) groups is 1. The smallest absolute Gasteiger partial charge is 0.293 e. The molecule has 3 aromatic rings. The summed E-state index contributed by atoms with van der Waals surface area (Å²) in [5.41, 5.74) is 2.88. The number of allylic oxidation sites excluding steroid dienone is 1. The average molecular weight is 400 g/mol. The molecule has 0 radical (unpaired) electrons. The van der Waals surface area contributed by atoms with E-state index >= 15 is 0 Å². The van der Waals surface area contributed by atoms with Crippen molar-refractivity contribution in [2.24, 2.45) is 0 Å². The lowest BCUT2D eigenvalue weighted by atomic mass is 10.1. The van der Waals surface area contributed by atoms with Crippen LogP contribution in [0.3, 0.4) is 0 Å². The fourth-order valence-electron chi connectivity index (χ4n) is 2.92. The summed E-state index contributed by atoms with van der Waals surface area (Å²) in [6.07, 6.45) is 2.65. The highest BCUT2D eigenvalue weighted by Crippen LogP contribution is 2.26. The first-order valence-electron chi connectivity index (χ1n) is 8.87. The van der Waals surface area contributed by atoms with Crippen LogP contribution in [-0.2, 0) is 13.0 Å². The van der Waals surface area contributed by atoms with E-state index in [1.54, 1.807) is 22.0 Å². The highest BCUT2D eigenvalue weighted by atomic mass is 32.2. The van der Waals surface area contributed by atoms with Gasteiger partial charge in [-0.3, -0.25) is 4.79 Å². The van der Waals surface area contributed by atoms with Crippen LogP contribution in [0, 0.1) is 13.8 Å². The number of aromatic amines is 1. The number of fused-ring (bicyclic) bond motifs is 1. The SMILES string of the molecule is C=CCn1c(SCC(=O)c2ccc(CC)cc2)[nH+]c2sc(C)c(C)c2c1=O. The third-order valence-corrected chi connectivity index (χ3v) is 6.77. The Morgan fingerprint density at radius 3 is 2.63 bits per heavy atom. The monoisotopic (exact) mass is 399 g/mol. The van der Waals surface area contributed by atoms with Gasteiger partial charge in [0.15, 0.2) is 10.6 Å². The van der Waals surface area contributed by atoms with Crippen molar-refractivity contribution in [2.45, 2.75) is 38.9 Å². The molecule has 0 saturated heterocycles. The van der Waals surface area contributed by atoms with Crippen LogP contribution in [0.25, 0.3) is 10.2 Å². The number of nitrogens with one attached hydrogen (secondary N) is 1. The zero-order valence-electron chi connectivity index (χ0n) is 15.8. The third kappa shape index (κ3) is 3.92. The van der Waals surface area contributed by atoms with Crippen LogP contribution in [0.2, 0.25) is 0 Å². The van der Waals surface area contributed by atoms with Crippen LogP contribution in [0.5, 0.6) is 0 Å². The molecule has 3 rings (SSSR count). The maximum Gasteiger partial charge on any atom is 0.347 e. The van der Waals surface area contributed by atoms with E-state index in [1.807, 2.05) is 38.1 Å². The van der Waals surface area contributed by atoms with Crippen molar-refractivity contribution < 1.29 is 9.78 Å². The highest BCUT2D eigenvalue weighted by molar-refractivity contribution is 7.99. The maximum atomic E-state index is 13.0. The summed E-state index contributed by atoms with van der Waals surface area (Å²) >= 11 is 2.94. The zero-order valence-corrected chi connectivity index (χ0v) is 17.4. The fraction of sp³-hybridized carbons (Fsp3) is 0.286. The molecule has 0 atom stereocenters. The molecule has 1 aromatic carbocycles. The predicted molar refractivity (Wildman–Crippen MR) is 113 cm³/mol. The Morgan fingerprint density at radius 1 is 1.30 bits per heavy atom. The second-order valence-corrected chi connectivity index (χ2v) is 8.57. The Bertz CT molecular complexity index is 1060. The molecular weight excluding hydrogens is 376 g/mol. The minimum Gasteiger partial charge on any atom is -0.293 e. The highest BCUT2D eigenvalue weighted by Gasteiger charge is 2.23. The van der Waals surface area contributed by atoms with Gasteiger partial charge in [-0.25, -0.2) is 9.78 Å². The number of thiophene rings is 1. The number of H-pyrrole nitrogens is 1. The topological polar surface area (TPSA) is 53.2 Å². The molecule has 0 aliphatic rings. The zero-order chi connectivity index (χ0) is 19.6. The second-order valence-electron chi connectivity index (χ2n) is 6.38. The molecule has 0 fully saturated rings. The van der Waals surface area contributed by atoms with Crippen LogP contribution < -0.4 is 10.5 Å². The van der Waals surface area contributed by atoms with Crippen molar-refractivity contribution in [3.63, 3.8) is 0 Å². The molecule has 0 saturated carbocycles. The summed E-state index contributed by atoms with van der Waals surface area (Å²) in [5, 5.41) is 1.41. The van der Waals surface area contributed by atoms with Crippen molar-refractivity contribution >= 4 is 39.1 Å². The molecule has 0 aliphatic heterocycles. The molecule has 0 spiro atoms. The average Bonchev–Trinajstić information content (AvgIpc) is 2.96. The molecule has 4 nitrogen and oxygen atoms in total. The number of thioether (sulfide) groups is 1. The molecule has 2 aromatic heterocycles. The molecule has 0 bridgehead atoms. The second kappa shape index (κ2) is 8.23. The lowest BCUT2D eigenvalue weighted by Gasteiger charge is -2.04. The minimum absolute atomic E-state index is 0.0345. The van der Waals surface area contributed by atoms with Crippen molar-refractivity contribution in [1.29, 1.82) is 0 Å². The maximum absolute atomic E-state index is 13.0. The van der Waals surface area contributed by atoms with Gasteiger partial charge < -0.3 is 0 Å². The van der Waals surface area contributed by atoms with Crippen molar-refractivity contribution in [3.05, 3.63) is 68.8 Å². The number of hydrogen-bond acceptors (Lipinski definition) is 4. The largest absolute Gasteiger partial charge is 0.347 e. The van der Waals surface area contributed by atoms with Gasteiger partial charge in [0.05, 0.1) is 5.75 Å². The lowest BCUT2D eigenvalue weighted by Crippen LogP contribution is -2.29. The Kier molecular flexibility index (Phi) is 5.97. The molecule has 0 unspecified atom stereocenters. The number of hydrogen-bond donors (Lipinski definition) is 0. The predicted octanol–water partition coefficient (Wildman–Crippen LogP) is 4.22. The first kappa shape index (κ1) is 19.6. The lowest BCUT2D eigenvalue weighted by molar-refractivity contribution is -0.404. The number of benzene rings is 1. The van der Waals surface area contributed by atoms with Crippen molar-refractivity contribution in [3.8, 4) is 0 Å². The van der Waals surface area contributed by atoms with Gasteiger partial charge in [-0.05, 0) is 43.2 Å². The van der Waals surface area contributed by atoms with Gasteiger partial charge in [0, 0.05) is 10.4 Å². The van der Waals surface area contributed by atoms with E-state index in [0.29, 0.717) is 17.3 Å². The molecule has 140 valence electrons. The van der Waals surface area contributed by atoms with E-state index in [4.69, 9.17) is 0 Å². The first-order valence-corrected chi connectivity index (χ1v) is 10.7. The van der Waals surface area contributed by atoms with Crippen LogP contribution in [-0.4, -0.2) is 16.1 Å². The molecule has 1 N–H and O–H groups in total. The first-order chi connectivity index (χ1) is 13.0. The van der Waals surface area contributed by atoms with Gasteiger partial charge in [-0.1, -0.05) is 55.2 Å². The molecule has 2 heterocycles. The fourth-order valence-corrected chi connectivity index (χ4v) is 4.95. The number of nitrogens with zero attached hydrogens (tertiary/aromatic N) is 1. The number of aromatic nitrogens is 2. The van der Waals surface area contributed by atoms with Crippen LogP contribution in [0.4, 0.5) is 0 Å². The van der Waals surface area contributed by atoms with E-state index in [-0.39, 0.29) is 17.1 Å². The van der Waals surface area contributed by atoms with E-state index < -0.39 is 0 Å². The van der Waals surface area contributed by atoms with Crippen LogP contribution in [0.15, 0.2) is 46.9 Å². The number of carbonyl (C=O) groups excluding carboxylic acids is 1. The van der Waals surface area contributed by atoms with Gasteiger partial charge in [0.25, 0.3) is 0 Å². The molecule has 0 amide bonds. The molecule has 6 heteroatoms. The minimum atomic E-state index is -0.0345. The number of rotatable bonds is 7. The summed E-state index contributed by atoms with van der Waals surface area (Å²) in [5.74, 6) is 0.320. The van der Waals surface area contributed by atoms with E-state index in [2.05, 4.69) is 18.5 Å². The van der Waals surface area contributed by atoms with Gasteiger partial charge in [0.1, 0.15) is 11.9 Å². The summed E-state index contributed by atoms with van der Waals surface area (Å²) in [6, 6.07) is 7.72. The number of ketones is 1. The Hall–Kier alpha value is -2.18. The molecule has 0 aliphatic carbocycles. The van der Waals surface area contributed by atoms with Gasteiger partial charge in [-0.15, -0.1) is 0 Å². The Labute approximate surface area is 167 Å². The Morgan fingerprint density at radius 2 is 2.00 bits per heavy atom. The van der Waals surface area contributed by atoms with E-state index in [1.165, 1.54) is 17.3 Å². The van der Waals surface area contributed by atoms with Gasteiger partial charge >= 0.3 is 10.7 Å². The standard InChI is InChI=1S/C21H22N2O2S2/c1-5-11-23-20(25)18-13(3)14(4)27-19(18)22-21(23)26-12-17(24)16-9-7-15(6-2)8-10-16/h5,7-10H,1,6,11-12H2,2-4H3/p+1. The third-order valence-electron chi connectivity index (χ3n) is 4.65. The number of aryl methyl sites for hydroxylation is 3. The van der Waals surface area contributed by atoms with Crippen LogP contribution >= 0.6 is 23.1 Å².